The molecule has 6 heteroatoms. The number of hydrogen-bond acceptors (Lipinski definition) is 4. The first-order chi connectivity index (χ1) is 13.8. The SMILES string of the molecule is CC(C)CCN1C(=O)C(C)(C)COc2ccc(NC(=O)Oc3ccccc3)cc21. The predicted octanol–water partition coefficient (Wildman–Crippen LogP) is 5.10. The molecule has 0 saturated heterocycles. The van der Waals surface area contributed by atoms with Gasteiger partial charge in [0.1, 0.15) is 18.1 Å². The van der Waals surface area contributed by atoms with E-state index in [1.54, 1.807) is 47.4 Å². The van der Waals surface area contributed by atoms with Gasteiger partial charge in [-0.25, -0.2) is 4.79 Å². The summed E-state index contributed by atoms with van der Waals surface area (Å²) >= 11 is 0. The van der Waals surface area contributed by atoms with Gasteiger partial charge in [0.25, 0.3) is 0 Å². The van der Waals surface area contributed by atoms with Crippen molar-refractivity contribution in [3.05, 3.63) is 48.5 Å². The molecule has 2 aromatic rings. The summed E-state index contributed by atoms with van der Waals surface area (Å²) in [5.74, 6) is 1.56. The van der Waals surface area contributed by atoms with E-state index in [0.29, 0.717) is 41.9 Å². The van der Waals surface area contributed by atoms with Crippen LogP contribution in [0.2, 0.25) is 0 Å². The smallest absolute Gasteiger partial charge is 0.417 e. The third-order valence-electron chi connectivity index (χ3n) is 4.79. The first-order valence-electron chi connectivity index (χ1n) is 9.89. The zero-order valence-electron chi connectivity index (χ0n) is 17.4. The van der Waals surface area contributed by atoms with Crippen molar-refractivity contribution >= 4 is 23.4 Å². The lowest BCUT2D eigenvalue weighted by Gasteiger charge is -2.28. The number of hydrogen-bond donors (Lipinski definition) is 1. The number of nitrogens with zero attached hydrogens (tertiary/aromatic N) is 1. The summed E-state index contributed by atoms with van der Waals surface area (Å²) in [5, 5.41) is 2.73. The molecule has 1 aliphatic heterocycles. The van der Waals surface area contributed by atoms with Gasteiger partial charge < -0.3 is 14.4 Å². The van der Waals surface area contributed by atoms with Crippen molar-refractivity contribution < 1.29 is 19.1 Å². The Morgan fingerprint density at radius 3 is 2.62 bits per heavy atom. The van der Waals surface area contributed by atoms with E-state index in [0.717, 1.165) is 6.42 Å². The highest BCUT2D eigenvalue weighted by molar-refractivity contribution is 6.00. The third kappa shape index (κ3) is 5.08. The van der Waals surface area contributed by atoms with E-state index in [4.69, 9.17) is 9.47 Å². The number of amides is 2. The van der Waals surface area contributed by atoms with Gasteiger partial charge in [0.2, 0.25) is 5.91 Å². The zero-order valence-corrected chi connectivity index (χ0v) is 17.4. The van der Waals surface area contributed by atoms with Crippen LogP contribution in [0, 0.1) is 11.3 Å². The molecule has 2 aromatic carbocycles. The van der Waals surface area contributed by atoms with Gasteiger partial charge in [-0.3, -0.25) is 10.1 Å². The Morgan fingerprint density at radius 2 is 1.93 bits per heavy atom. The average Bonchev–Trinajstić information content (AvgIpc) is 2.76. The zero-order chi connectivity index (χ0) is 21.0. The molecule has 0 radical (unpaired) electrons. The lowest BCUT2D eigenvalue weighted by Crippen LogP contribution is -2.42. The summed E-state index contributed by atoms with van der Waals surface area (Å²) in [6.07, 6.45) is 0.278. The summed E-state index contributed by atoms with van der Waals surface area (Å²) in [4.78, 5) is 27.2. The second-order valence-corrected chi connectivity index (χ2v) is 8.32. The van der Waals surface area contributed by atoms with E-state index in [1.165, 1.54) is 0 Å². The standard InChI is InChI=1S/C23H28N2O4/c1-16(2)12-13-25-19-14-17(24-22(27)29-18-8-6-5-7-9-18)10-11-20(19)28-15-23(3,4)21(25)26/h5-11,14,16H,12-13,15H2,1-4H3,(H,24,27). The van der Waals surface area contributed by atoms with E-state index >= 15 is 0 Å². The molecule has 6 nitrogen and oxygen atoms in total. The van der Waals surface area contributed by atoms with Crippen LogP contribution in [0.3, 0.4) is 0 Å². The highest BCUT2D eigenvalue weighted by Crippen LogP contribution is 2.38. The first-order valence-corrected chi connectivity index (χ1v) is 9.89. The topological polar surface area (TPSA) is 67.9 Å². The van der Waals surface area contributed by atoms with Crippen LogP contribution in [-0.2, 0) is 4.79 Å². The van der Waals surface area contributed by atoms with E-state index in [9.17, 15) is 9.59 Å². The van der Waals surface area contributed by atoms with Gasteiger partial charge in [-0.15, -0.1) is 0 Å². The molecule has 0 unspecified atom stereocenters. The summed E-state index contributed by atoms with van der Waals surface area (Å²) in [6.45, 7) is 8.93. The number of benzene rings is 2. The van der Waals surface area contributed by atoms with Gasteiger partial charge in [0, 0.05) is 12.2 Å². The number of carbonyl (C=O) groups excluding carboxylic acids is 2. The van der Waals surface area contributed by atoms with Crippen LogP contribution in [-0.4, -0.2) is 25.2 Å². The molecule has 1 N–H and O–H groups in total. The molecule has 0 fully saturated rings. The Kier molecular flexibility index (Phi) is 6.11. The van der Waals surface area contributed by atoms with Crippen LogP contribution >= 0.6 is 0 Å². The van der Waals surface area contributed by atoms with Crippen LogP contribution in [0.4, 0.5) is 16.2 Å². The Bertz CT molecular complexity index is 878. The Labute approximate surface area is 171 Å². The minimum absolute atomic E-state index is 0.0147. The molecule has 1 aliphatic rings. The maximum absolute atomic E-state index is 13.2. The van der Waals surface area contributed by atoms with Gasteiger partial charge in [-0.2, -0.15) is 0 Å². The predicted molar refractivity (Wildman–Crippen MR) is 114 cm³/mol. The number of anilines is 2. The van der Waals surface area contributed by atoms with E-state index in [2.05, 4.69) is 19.2 Å². The van der Waals surface area contributed by atoms with Crippen molar-refractivity contribution in [1.82, 2.24) is 0 Å². The number of ether oxygens (including phenoxy) is 2. The van der Waals surface area contributed by atoms with E-state index < -0.39 is 11.5 Å². The van der Waals surface area contributed by atoms with Crippen molar-refractivity contribution in [3.8, 4) is 11.5 Å². The summed E-state index contributed by atoms with van der Waals surface area (Å²) in [5.41, 5.74) is 0.574. The Balaban J connectivity index is 1.84. The number of para-hydroxylation sites is 1. The van der Waals surface area contributed by atoms with Crippen LogP contribution in [0.15, 0.2) is 48.5 Å². The molecule has 29 heavy (non-hydrogen) atoms. The average molecular weight is 396 g/mol. The molecule has 0 aromatic heterocycles. The summed E-state index contributed by atoms with van der Waals surface area (Å²) < 4.78 is 11.2. The Hall–Kier alpha value is -3.02. The quantitative estimate of drug-likeness (QED) is 0.764. The molecule has 0 aliphatic carbocycles. The number of rotatable bonds is 5. The first kappa shape index (κ1) is 20.7. The molecule has 0 saturated carbocycles. The lowest BCUT2D eigenvalue weighted by atomic mass is 9.92. The molecule has 0 atom stereocenters. The molecule has 0 spiro atoms. The number of fused-ring (bicyclic) bond motifs is 1. The van der Waals surface area contributed by atoms with Gasteiger partial charge in [0.05, 0.1) is 11.1 Å². The maximum atomic E-state index is 13.2. The van der Waals surface area contributed by atoms with Crippen LogP contribution in [0.1, 0.15) is 34.1 Å². The van der Waals surface area contributed by atoms with Crippen LogP contribution < -0.4 is 19.7 Å². The normalized spacial score (nSPS) is 15.3. The largest absolute Gasteiger partial charge is 0.490 e. The number of carbonyl (C=O) groups is 2. The van der Waals surface area contributed by atoms with Crippen molar-refractivity contribution in [2.45, 2.75) is 34.1 Å². The molecule has 2 amide bonds. The van der Waals surface area contributed by atoms with Gasteiger partial charge in [-0.05, 0) is 56.5 Å². The van der Waals surface area contributed by atoms with Crippen molar-refractivity contribution in [1.29, 1.82) is 0 Å². The highest BCUT2D eigenvalue weighted by Gasteiger charge is 2.37. The second kappa shape index (κ2) is 8.55. The molecule has 154 valence electrons. The maximum Gasteiger partial charge on any atom is 0.417 e. The lowest BCUT2D eigenvalue weighted by molar-refractivity contribution is -0.127. The second-order valence-electron chi connectivity index (χ2n) is 8.32. The van der Waals surface area contributed by atoms with Crippen LogP contribution in [0.5, 0.6) is 11.5 Å². The van der Waals surface area contributed by atoms with Crippen molar-refractivity contribution in [3.63, 3.8) is 0 Å². The van der Waals surface area contributed by atoms with Gasteiger partial charge in [-0.1, -0.05) is 32.0 Å². The van der Waals surface area contributed by atoms with E-state index in [-0.39, 0.29) is 5.91 Å². The molecule has 1 heterocycles. The fourth-order valence-electron chi connectivity index (χ4n) is 3.07. The molecular formula is C23H28N2O4. The van der Waals surface area contributed by atoms with Crippen molar-refractivity contribution in [2.24, 2.45) is 11.3 Å². The fourth-order valence-corrected chi connectivity index (χ4v) is 3.07. The monoisotopic (exact) mass is 396 g/mol. The van der Waals surface area contributed by atoms with Crippen LogP contribution in [0.25, 0.3) is 0 Å². The summed E-state index contributed by atoms with van der Waals surface area (Å²) in [7, 11) is 0. The molecular weight excluding hydrogens is 368 g/mol. The minimum atomic E-state index is -0.629. The minimum Gasteiger partial charge on any atom is -0.490 e. The molecule has 3 rings (SSSR count). The van der Waals surface area contributed by atoms with Gasteiger partial charge >= 0.3 is 6.09 Å². The highest BCUT2D eigenvalue weighted by atomic mass is 16.6. The fraction of sp³-hybridized carbons (Fsp3) is 0.391. The molecule has 0 bridgehead atoms. The van der Waals surface area contributed by atoms with Crippen molar-refractivity contribution in [2.75, 3.05) is 23.4 Å². The van der Waals surface area contributed by atoms with Gasteiger partial charge in [0.15, 0.2) is 0 Å². The number of nitrogens with one attached hydrogen (secondary N) is 1. The third-order valence-corrected chi connectivity index (χ3v) is 4.79. The summed E-state index contributed by atoms with van der Waals surface area (Å²) in [6, 6.07) is 14.1. The van der Waals surface area contributed by atoms with E-state index in [1.807, 2.05) is 19.9 Å². The Morgan fingerprint density at radius 1 is 1.21 bits per heavy atom.